The molecular formula is C18H24F3N5O2S. The first-order chi connectivity index (χ1) is 13.9. The third-order valence-electron chi connectivity index (χ3n) is 4.51. The minimum Gasteiger partial charge on any atom is -0.465 e. The van der Waals surface area contributed by atoms with E-state index in [0.717, 1.165) is 41.3 Å². The lowest BCUT2D eigenvalue weighted by atomic mass is 10.1. The fraction of sp³-hybridized carbons (Fsp3) is 0.556. The summed E-state index contributed by atoms with van der Waals surface area (Å²) in [4.78, 5) is 10.0. The molecule has 2 aromatic heterocycles. The summed E-state index contributed by atoms with van der Waals surface area (Å²) in [6.45, 7) is 5.48. The van der Waals surface area contributed by atoms with Crippen molar-refractivity contribution in [3.05, 3.63) is 39.7 Å². The molecule has 11 heteroatoms. The van der Waals surface area contributed by atoms with Gasteiger partial charge in [-0.1, -0.05) is 0 Å². The summed E-state index contributed by atoms with van der Waals surface area (Å²) < 4.78 is 49.3. The molecule has 3 rings (SSSR count). The van der Waals surface area contributed by atoms with E-state index in [1.165, 1.54) is 0 Å². The zero-order chi connectivity index (χ0) is 20.9. The SMILES string of the molecule is CN=C(NCc1nc(C(F)(F)F)cs1)NCC(c1ccc(C)o1)N1CCOCC1. The maximum Gasteiger partial charge on any atom is 0.434 e. The van der Waals surface area contributed by atoms with Crippen LogP contribution in [-0.4, -0.2) is 55.7 Å². The van der Waals surface area contributed by atoms with Crippen LogP contribution in [0.25, 0.3) is 0 Å². The average Bonchev–Trinajstić information content (AvgIpc) is 3.34. The normalized spacial score (nSPS) is 17.3. The van der Waals surface area contributed by atoms with Crippen molar-refractivity contribution in [3.63, 3.8) is 0 Å². The Kier molecular flexibility index (Phi) is 7.14. The van der Waals surface area contributed by atoms with Crippen molar-refractivity contribution < 1.29 is 22.3 Å². The number of halogens is 3. The van der Waals surface area contributed by atoms with Crippen LogP contribution in [0, 0.1) is 6.92 Å². The van der Waals surface area contributed by atoms with Gasteiger partial charge in [-0.05, 0) is 19.1 Å². The molecule has 1 fully saturated rings. The lowest BCUT2D eigenvalue weighted by Gasteiger charge is -2.33. The van der Waals surface area contributed by atoms with Gasteiger partial charge < -0.3 is 19.8 Å². The Morgan fingerprint density at radius 1 is 1.31 bits per heavy atom. The maximum atomic E-state index is 12.7. The number of nitrogens with zero attached hydrogens (tertiary/aromatic N) is 3. The number of guanidine groups is 1. The number of hydrogen-bond acceptors (Lipinski definition) is 6. The van der Waals surface area contributed by atoms with E-state index >= 15 is 0 Å². The summed E-state index contributed by atoms with van der Waals surface area (Å²) in [7, 11) is 1.61. The summed E-state index contributed by atoms with van der Waals surface area (Å²) in [5.41, 5.74) is -0.872. The number of aliphatic imine (C=N–C) groups is 1. The van der Waals surface area contributed by atoms with E-state index in [-0.39, 0.29) is 12.6 Å². The number of furan rings is 1. The maximum absolute atomic E-state index is 12.7. The lowest BCUT2D eigenvalue weighted by molar-refractivity contribution is -0.140. The molecule has 3 heterocycles. The Morgan fingerprint density at radius 2 is 2.07 bits per heavy atom. The van der Waals surface area contributed by atoms with Crippen LogP contribution in [0.15, 0.2) is 26.9 Å². The molecule has 160 valence electrons. The number of morpholine rings is 1. The van der Waals surface area contributed by atoms with Gasteiger partial charge in [0.2, 0.25) is 0 Å². The Balaban J connectivity index is 1.59. The lowest BCUT2D eigenvalue weighted by Crippen LogP contribution is -2.46. The van der Waals surface area contributed by atoms with Crippen LogP contribution >= 0.6 is 11.3 Å². The van der Waals surface area contributed by atoms with Crippen LogP contribution in [0.2, 0.25) is 0 Å². The molecular weight excluding hydrogens is 407 g/mol. The van der Waals surface area contributed by atoms with Crippen molar-refractivity contribution in [1.29, 1.82) is 0 Å². The number of hydrogen-bond donors (Lipinski definition) is 2. The molecule has 1 atom stereocenters. The van der Waals surface area contributed by atoms with E-state index in [1.807, 2.05) is 19.1 Å². The van der Waals surface area contributed by atoms with Crippen molar-refractivity contribution in [2.45, 2.75) is 25.7 Å². The van der Waals surface area contributed by atoms with Gasteiger partial charge in [0.1, 0.15) is 16.5 Å². The quantitative estimate of drug-likeness (QED) is 0.541. The van der Waals surface area contributed by atoms with Crippen LogP contribution in [0.1, 0.15) is 28.3 Å². The van der Waals surface area contributed by atoms with E-state index in [2.05, 4.69) is 25.5 Å². The van der Waals surface area contributed by atoms with E-state index < -0.39 is 11.9 Å². The molecule has 7 nitrogen and oxygen atoms in total. The molecule has 1 aliphatic heterocycles. The Morgan fingerprint density at radius 3 is 2.66 bits per heavy atom. The van der Waals surface area contributed by atoms with E-state index in [4.69, 9.17) is 9.15 Å². The van der Waals surface area contributed by atoms with Gasteiger partial charge in [-0.25, -0.2) is 4.98 Å². The monoisotopic (exact) mass is 431 g/mol. The summed E-state index contributed by atoms with van der Waals surface area (Å²) >= 11 is 0.962. The Labute approximate surface area is 171 Å². The van der Waals surface area contributed by atoms with E-state index in [1.54, 1.807) is 7.05 Å². The van der Waals surface area contributed by atoms with Gasteiger partial charge >= 0.3 is 6.18 Å². The highest BCUT2D eigenvalue weighted by Crippen LogP contribution is 2.30. The molecule has 0 amide bonds. The van der Waals surface area contributed by atoms with Crippen molar-refractivity contribution in [3.8, 4) is 0 Å². The predicted octanol–water partition coefficient (Wildman–Crippen LogP) is 2.80. The molecule has 2 aromatic rings. The smallest absolute Gasteiger partial charge is 0.434 e. The zero-order valence-corrected chi connectivity index (χ0v) is 17.1. The first-order valence-electron chi connectivity index (χ1n) is 9.21. The van der Waals surface area contributed by atoms with Gasteiger partial charge in [0.25, 0.3) is 0 Å². The molecule has 1 saturated heterocycles. The molecule has 0 radical (unpaired) electrons. The Hall–Kier alpha value is -2.11. The molecule has 1 unspecified atom stereocenters. The third-order valence-corrected chi connectivity index (χ3v) is 5.36. The third kappa shape index (κ3) is 5.94. The van der Waals surface area contributed by atoms with Gasteiger partial charge in [-0.3, -0.25) is 9.89 Å². The molecule has 0 saturated carbocycles. The van der Waals surface area contributed by atoms with Crippen LogP contribution in [0.5, 0.6) is 0 Å². The van der Waals surface area contributed by atoms with E-state index in [9.17, 15) is 13.2 Å². The first-order valence-corrected chi connectivity index (χ1v) is 10.1. The number of rotatable bonds is 6. The summed E-state index contributed by atoms with van der Waals surface area (Å²) in [5.74, 6) is 2.17. The molecule has 29 heavy (non-hydrogen) atoms. The van der Waals surface area contributed by atoms with Crippen molar-refractivity contribution in [1.82, 2.24) is 20.5 Å². The molecule has 0 spiro atoms. The second kappa shape index (κ2) is 9.59. The largest absolute Gasteiger partial charge is 0.465 e. The number of ether oxygens (including phenoxy) is 1. The second-order valence-electron chi connectivity index (χ2n) is 6.54. The van der Waals surface area contributed by atoms with Crippen LogP contribution in [-0.2, 0) is 17.5 Å². The summed E-state index contributed by atoms with van der Waals surface area (Å²) in [5, 5.41) is 7.60. The molecule has 0 aromatic carbocycles. The van der Waals surface area contributed by atoms with Crippen LogP contribution < -0.4 is 10.6 Å². The van der Waals surface area contributed by atoms with Gasteiger partial charge in [0, 0.05) is 32.1 Å². The molecule has 1 aliphatic rings. The fourth-order valence-corrected chi connectivity index (χ4v) is 3.77. The number of thiazole rings is 1. The minimum atomic E-state index is -4.43. The van der Waals surface area contributed by atoms with Gasteiger partial charge in [0.15, 0.2) is 11.7 Å². The van der Waals surface area contributed by atoms with Gasteiger partial charge in [0.05, 0.1) is 25.8 Å². The highest BCUT2D eigenvalue weighted by atomic mass is 32.1. The van der Waals surface area contributed by atoms with Gasteiger partial charge in [-0.15, -0.1) is 11.3 Å². The Bertz CT molecular complexity index is 815. The topological polar surface area (TPSA) is 74.9 Å². The highest BCUT2D eigenvalue weighted by Gasteiger charge is 2.33. The first kappa shape index (κ1) is 21.6. The van der Waals surface area contributed by atoms with Crippen molar-refractivity contribution in [2.75, 3.05) is 39.9 Å². The van der Waals surface area contributed by atoms with Crippen molar-refractivity contribution >= 4 is 17.3 Å². The predicted molar refractivity (Wildman–Crippen MR) is 104 cm³/mol. The van der Waals surface area contributed by atoms with Crippen molar-refractivity contribution in [2.24, 2.45) is 4.99 Å². The molecule has 2 N–H and O–H groups in total. The standard InChI is InChI=1S/C18H24F3N5O2S/c1-12-3-4-14(28-12)13(26-5-7-27-8-6-26)9-23-17(22-2)24-10-16-25-15(11-29-16)18(19,20)21/h3-4,11,13H,5-10H2,1-2H3,(H2,22,23,24). The number of aryl methyl sites for hydroxylation is 1. The second-order valence-corrected chi connectivity index (χ2v) is 7.49. The zero-order valence-electron chi connectivity index (χ0n) is 16.3. The minimum absolute atomic E-state index is 0.0113. The number of nitrogens with one attached hydrogen (secondary N) is 2. The summed E-state index contributed by atoms with van der Waals surface area (Å²) in [6, 6.07) is 3.88. The van der Waals surface area contributed by atoms with Crippen LogP contribution in [0.3, 0.4) is 0 Å². The van der Waals surface area contributed by atoms with Crippen LogP contribution in [0.4, 0.5) is 13.2 Å². The van der Waals surface area contributed by atoms with E-state index in [0.29, 0.717) is 30.7 Å². The highest BCUT2D eigenvalue weighted by molar-refractivity contribution is 7.09. The summed E-state index contributed by atoms with van der Waals surface area (Å²) in [6.07, 6.45) is -4.43. The molecule has 0 aliphatic carbocycles. The molecule has 0 bridgehead atoms. The average molecular weight is 431 g/mol. The number of alkyl halides is 3. The fourth-order valence-electron chi connectivity index (χ4n) is 3.03. The number of aromatic nitrogens is 1. The van der Waals surface area contributed by atoms with Gasteiger partial charge in [-0.2, -0.15) is 13.2 Å².